The number of carboxylic acids is 1. The van der Waals surface area contributed by atoms with Crippen LogP contribution in [0, 0.1) is 11.8 Å². The Balaban J connectivity index is 1.81. The minimum absolute atomic E-state index is 0.111. The molecule has 1 amide bonds. The molecular weight excluding hydrogens is 260 g/mol. The molecule has 0 aromatic heterocycles. The Hall–Kier alpha value is -1.14. The lowest BCUT2D eigenvalue weighted by Gasteiger charge is -2.37. The van der Waals surface area contributed by atoms with E-state index in [1.165, 1.54) is 0 Å². The van der Waals surface area contributed by atoms with Crippen molar-refractivity contribution in [1.82, 2.24) is 4.90 Å². The zero-order valence-electron chi connectivity index (χ0n) is 11.6. The van der Waals surface area contributed by atoms with Crippen molar-refractivity contribution in [3.8, 4) is 0 Å². The Morgan fingerprint density at radius 2 is 1.95 bits per heavy atom. The molecule has 112 valence electrons. The molecule has 6 nitrogen and oxygen atoms in total. The van der Waals surface area contributed by atoms with Gasteiger partial charge in [0.2, 0.25) is 5.91 Å². The molecule has 0 radical (unpaired) electrons. The number of carbonyl (C=O) groups is 2. The number of fused-ring (bicyclic) bond motifs is 1. The molecule has 0 aromatic rings. The molecule has 3 fully saturated rings. The van der Waals surface area contributed by atoms with Crippen LogP contribution in [0.15, 0.2) is 0 Å². The van der Waals surface area contributed by atoms with Crippen LogP contribution in [-0.2, 0) is 14.3 Å². The van der Waals surface area contributed by atoms with Crippen LogP contribution in [0.25, 0.3) is 0 Å². The third-order valence-corrected chi connectivity index (χ3v) is 5.22. The predicted molar refractivity (Wildman–Crippen MR) is 70.9 cm³/mol. The summed E-state index contributed by atoms with van der Waals surface area (Å²) >= 11 is 0. The van der Waals surface area contributed by atoms with Crippen molar-refractivity contribution in [1.29, 1.82) is 0 Å². The normalized spacial score (nSPS) is 35.9. The molecule has 1 aliphatic carbocycles. The van der Waals surface area contributed by atoms with E-state index in [2.05, 4.69) is 0 Å². The van der Waals surface area contributed by atoms with Crippen LogP contribution in [0.2, 0.25) is 0 Å². The molecule has 2 saturated heterocycles. The summed E-state index contributed by atoms with van der Waals surface area (Å²) in [5, 5.41) is 9.50. The van der Waals surface area contributed by atoms with Gasteiger partial charge in [0.15, 0.2) is 0 Å². The van der Waals surface area contributed by atoms with Crippen molar-refractivity contribution in [2.45, 2.75) is 43.7 Å². The fraction of sp³-hybridized carbons (Fsp3) is 0.857. The summed E-state index contributed by atoms with van der Waals surface area (Å²) in [7, 11) is 0. The summed E-state index contributed by atoms with van der Waals surface area (Å²) in [5.74, 6) is -0.630. The van der Waals surface area contributed by atoms with Crippen LogP contribution in [0.1, 0.15) is 32.1 Å². The number of hydrogen-bond acceptors (Lipinski definition) is 4. The Morgan fingerprint density at radius 3 is 2.60 bits per heavy atom. The van der Waals surface area contributed by atoms with E-state index in [1.54, 1.807) is 4.90 Å². The Morgan fingerprint density at radius 1 is 1.25 bits per heavy atom. The molecule has 3 N–H and O–H groups in total. The van der Waals surface area contributed by atoms with E-state index in [-0.39, 0.29) is 11.8 Å². The van der Waals surface area contributed by atoms with Gasteiger partial charge in [0.05, 0.1) is 5.54 Å². The number of ether oxygens (including phenoxy) is 1. The maximum absolute atomic E-state index is 12.8. The summed E-state index contributed by atoms with van der Waals surface area (Å²) in [4.78, 5) is 25.9. The predicted octanol–water partition coefficient (Wildman–Crippen LogP) is 0.206. The summed E-state index contributed by atoms with van der Waals surface area (Å²) < 4.78 is 5.26. The minimum atomic E-state index is -0.940. The average molecular weight is 282 g/mol. The molecule has 2 aliphatic heterocycles. The van der Waals surface area contributed by atoms with E-state index in [9.17, 15) is 14.7 Å². The lowest BCUT2D eigenvalue weighted by Crippen LogP contribution is -2.60. The van der Waals surface area contributed by atoms with Gasteiger partial charge in [-0.1, -0.05) is 6.42 Å². The third kappa shape index (κ3) is 2.11. The van der Waals surface area contributed by atoms with Crippen molar-refractivity contribution in [2.75, 3.05) is 19.8 Å². The molecular formula is C14H22N2O4. The molecule has 1 saturated carbocycles. The Bertz CT molecular complexity index is 419. The van der Waals surface area contributed by atoms with Crippen LogP contribution in [0.5, 0.6) is 0 Å². The Kier molecular flexibility index (Phi) is 3.46. The molecule has 3 unspecified atom stereocenters. The fourth-order valence-corrected chi connectivity index (χ4v) is 4.07. The molecule has 0 spiro atoms. The van der Waals surface area contributed by atoms with E-state index < -0.39 is 17.6 Å². The molecule has 6 heteroatoms. The summed E-state index contributed by atoms with van der Waals surface area (Å²) in [6.45, 7) is 1.50. The SMILES string of the molecule is NC1(C(=O)N2CC3CCCC3C2C(=O)O)CCOCC1. The second kappa shape index (κ2) is 5.00. The van der Waals surface area contributed by atoms with Gasteiger partial charge in [0.1, 0.15) is 6.04 Å². The van der Waals surface area contributed by atoms with E-state index in [1.807, 2.05) is 0 Å². The lowest BCUT2D eigenvalue weighted by molar-refractivity contribution is -0.153. The van der Waals surface area contributed by atoms with Crippen LogP contribution in [0.4, 0.5) is 0 Å². The number of aliphatic carboxylic acids is 1. The monoisotopic (exact) mass is 282 g/mol. The van der Waals surface area contributed by atoms with Crippen LogP contribution in [0.3, 0.4) is 0 Å². The highest BCUT2D eigenvalue weighted by Gasteiger charge is 2.52. The van der Waals surface area contributed by atoms with Gasteiger partial charge in [-0.25, -0.2) is 4.79 Å². The van der Waals surface area contributed by atoms with Gasteiger partial charge in [-0.3, -0.25) is 4.79 Å². The molecule has 0 aromatic carbocycles. The van der Waals surface area contributed by atoms with Crippen molar-refractivity contribution in [3.05, 3.63) is 0 Å². The number of rotatable bonds is 2. The van der Waals surface area contributed by atoms with Gasteiger partial charge in [-0.05, 0) is 37.5 Å². The maximum Gasteiger partial charge on any atom is 0.326 e. The zero-order valence-corrected chi connectivity index (χ0v) is 11.6. The maximum atomic E-state index is 12.8. The highest BCUT2D eigenvalue weighted by molar-refractivity contribution is 5.91. The molecule has 20 heavy (non-hydrogen) atoms. The number of carboxylic acid groups (broad SMARTS) is 1. The van der Waals surface area contributed by atoms with E-state index in [4.69, 9.17) is 10.5 Å². The van der Waals surface area contributed by atoms with Crippen molar-refractivity contribution >= 4 is 11.9 Å². The number of nitrogens with two attached hydrogens (primary N) is 1. The largest absolute Gasteiger partial charge is 0.480 e. The minimum Gasteiger partial charge on any atom is -0.480 e. The average Bonchev–Trinajstić information content (AvgIpc) is 2.97. The van der Waals surface area contributed by atoms with Gasteiger partial charge >= 0.3 is 5.97 Å². The van der Waals surface area contributed by atoms with Crippen LogP contribution < -0.4 is 5.73 Å². The number of carbonyl (C=O) groups excluding carboxylic acids is 1. The zero-order chi connectivity index (χ0) is 14.3. The van der Waals surface area contributed by atoms with Gasteiger partial charge < -0.3 is 20.5 Å². The third-order valence-electron chi connectivity index (χ3n) is 5.22. The first-order valence-electron chi connectivity index (χ1n) is 7.43. The number of amides is 1. The number of likely N-dealkylation sites (tertiary alicyclic amines) is 1. The van der Waals surface area contributed by atoms with Crippen LogP contribution in [-0.4, -0.2) is 53.2 Å². The van der Waals surface area contributed by atoms with E-state index in [0.29, 0.717) is 38.5 Å². The number of nitrogens with zero attached hydrogens (tertiary/aromatic N) is 1. The van der Waals surface area contributed by atoms with Gasteiger partial charge in [-0.15, -0.1) is 0 Å². The molecule has 3 rings (SSSR count). The molecule has 3 atom stereocenters. The fourth-order valence-electron chi connectivity index (χ4n) is 4.07. The van der Waals surface area contributed by atoms with Crippen molar-refractivity contribution in [2.24, 2.45) is 17.6 Å². The van der Waals surface area contributed by atoms with E-state index >= 15 is 0 Å². The number of hydrogen-bond donors (Lipinski definition) is 2. The lowest BCUT2D eigenvalue weighted by atomic mass is 9.89. The summed E-state index contributed by atoms with van der Waals surface area (Å²) in [6.07, 6.45) is 3.96. The second-order valence-electron chi connectivity index (χ2n) is 6.36. The second-order valence-corrected chi connectivity index (χ2v) is 6.36. The molecule has 0 bridgehead atoms. The summed E-state index contributed by atoms with van der Waals surface area (Å²) in [5.41, 5.74) is 5.29. The first-order valence-corrected chi connectivity index (χ1v) is 7.43. The first kappa shape index (κ1) is 13.8. The topological polar surface area (TPSA) is 92.9 Å². The quantitative estimate of drug-likeness (QED) is 0.755. The van der Waals surface area contributed by atoms with Gasteiger partial charge in [0.25, 0.3) is 0 Å². The van der Waals surface area contributed by atoms with Crippen molar-refractivity contribution in [3.63, 3.8) is 0 Å². The highest BCUT2D eigenvalue weighted by Crippen LogP contribution is 2.43. The molecule has 2 heterocycles. The van der Waals surface area contributed by atoms with Crippen molar-refractivity contribution < 1.29 is 19.4 Å². The smallest absolute Gasteiger partial charge is 0.326 e. The first-order chi connectivity index (χ1) is 9.53. The van der Waals surface area contributed by atoms with E-state index in [0.717, 1.165) is 19.3 Å². The summed E-state index contributed by atoms with van der Waals surface area (Å²) in [6, 6.07) is -0.682. The standard InChI is InChI=1S/C14H22N2O4/c15-14(4-6-20-7-5-14)13(19)16-8-9-2-1-3-10(9)11(16)12(17)18/h9-11H,1-8,15H2,(H,17,18). The highest BCUT2D eigenvalue weighted by atomic mass is 16.5. The van der Waals surface area contributed by atoms with Gasteiger partial charge in [0, 0.05) is 19.8 Å². The molecule has 3 aliphatic rings. The van der Waals surface area contributed by atoms with Gasteiger partial charge in [-0.2, -0.15) is 0 Å². The Labute approximate surface area is 118 Å². The van der Waals surface area contributed by atoms with Crippen LogP contribution >= 0.6 is 0 Å².